The van der Waals surface area contributed by atoms with E-state index in [1.165, 1.54) is 0 Å². The molecule has 0 aliphatic rings. The number of hydrogen-bond donors (Lipinski definition) is 1. The minimum Gasteiger partial charge on any atom is -0.365 e. The lowest BCUT2D eigenvalue weighted by molar-refractivity contribution is -0.389. The van der Waals surface area contributed by atoms with Gasteiger partial charge >= 0.3 is 10.7 Å². The van der Waals surface area contributed by atoms with Crippen LogP contribution in [0, 0.1) is 20.2 Å². The molecule has 104 valence electrons. The van der Waals surface area contributed by atoms with Crippen molar-refractivity contribution in [2.75, 3.05) is 5.32 Å². The van der Waals surface area contributed by atoms with Crippen molar-refractivity contribution in [1.29, 1.82) is 0 Å². The van der Waals surface area contributed by atoms with E-state index in [0.29, 0.717) is 0 Å². The van der Waals surface area contributed by atoms with Crippen LogP contribution in [0.1, 0.15) is 18.5 Å². The highest BCUT2D eigenvalue weighted by Crippen LogP contribution is 2.40. The Morgan fingerprint density at radius 3 is 2.35 bits per heavy atom. The SMILES string of the molecule is C[C@@H](Nc1sc([N+](=O)[O-])cc1[N+](=O)[O-])c1ccccc1. The van der Waals surface area contributed by atoms with Crippen molar-refractivity contribution in [2.24, 2.45) is 0 Å². The molecule has 8 heteroatoms. The topological polar surface area (TPSA) is 98.3 Å². The fourth-order valence-corrected chi connectivity index (χ4v) is 2.65. The van der Waals surface area contributed by atoms with Crippen molar-refractivity contribution >= 4 is 27.0 Å². The second kappa shape index (κ2) is 5.66. The molecule has 0 aliphatic heterocycles. The Labute approximate surface area is 118 Å². The van der Waals surface area contributed by atoms with Gasteiger partial charge in [-0.25, -0.2) is 0 Å². The number of rotatable bonds is 5. The van der Waals surface area contributed by atoms with E-state index in [2.05, 4.69) is 5.32 Å². The van der Waals surface area contributed by atoms with Crippen LogP contribution in [0.15, 0.2) is 36.4 Å². The monoisotopic (exact) mass is 293 g/mol. The lowest BCUT2D eigenvalue weighted by Crippen LogP contribution is -2.06. The van der Waals surface area contributed by atoms with Crippen LogP contribution in [0.25, 0.3) is 0 Å². The number of benzene rings is 1. The van der Waals surface area contributed by atoms with Gasteiger partial charge in [-0.15, -0.1) is 0 Å². The average molecular weight is 293 g/mol. The first-order valence-corrected chi connectivity index (χ1v) is 6.54. The average Bonchev–Trinajstić information content (AvgIpc) is 2.84. The minimum absolute atomic E-state index is 0.187. The van der Waals surface area contributed by atoms with Crippen LogP contribution in [0.2, 0.25) is 0 Å². The Bertz CT molecular complexity index is 641. The quantitative estimate of drug-likeness (QED) is 0.668. The van der Waals surface area contributed by atoms with E-state index in [-0.39, 0.29) is 21.7 Å². The molecule has 0 unspecified atom stereocenters. The maximum absolute atomic E-state index is 10.9. The van der Waals surface area contributed by atoms with E-state index in [4.69, 9.17) is 0 Å². The number of anilines is 1. The van der Waals surface area contributed by atoms with Crippen molar-refractivity contribution in [3.8, 4) is 0 Å². The van der Waals surface area contributed by atoms with Gasteiger partial charge in [0.1, 0.15) is 6.07 Å². The molecule has 0 bridgehead atoms. The molecule has 2 rings (SSSR count). The second-order valence-corrected chi connectivity index (χ2v) is 5.12. The van der Waals surface area contributed by atoms with Crippen LogP contribution in [0.3, 0.4) is 0 Å². The van der Waals surface area contributed by atoms with Crippen molar-refractivity contribution in [3.63, 3.8) is 0 Å². The molecule has 0 saturated carbocycles. The maximum Gasteiger partial charge on any atom is 0.333 e. The smallest absolute Gasteiger partial charge is 0.333 e. The van der Waals surface area contributed by atoms with Gasteiger partial charge in [-0.1, -0.05) is 30.3 Å². The molecule has 0 amide bonds. The van der Waals surface area contributed by atoms with E-state index in [1.807, 2.05) is 37.3 Å². The third-order valence-electron chi connectivity index (χ3n) is 2.72. The van der Waals surface area contributed by atoms with Crippen LogP contribution >= 0.6 is 11.3 Å². The molecule has 7 nitrogen and oxygen atoms in total. The molecule has 1 aromatic carbocycles. The summed E-state index contributed by atoms with van der Waals surface area (Å²) < 4.78 is 0. The van der Waals surface area contributed by atoms with Crippen molar-refractivity contribution in [2.45, 2.75) is 13.0 Å². The largest absolute Gasteiger partial charge is 0.365 e. The summed E-state index contributed by atoms with van der Waals surface area (Å²) in [5.41, 5.74) is 0.669. The normalized spacial score (nSPS) is 11.8. The molecule has 0 spiro atoms. The number of nitrogens with zero attached hydrogens (tertiary/aromatic N) is 2. The molecular formula is C12H11N3O4S. The van der Waals surface area contributed by atoms with Crippen LogP contribution in [0.4, 0.5) is 15.7 Å². The van der Waals surface area contributed by atoms with Crippen molar-refractivity contribution in [3.05, 3.63) is 62.2 Å². The fourth-order valence-electron chi connectivity index (χ4n) is 1.72. The molecule has 20 heavy (non-hydrogen) atoms. The summed E-state index contributed by atoms with van der Waals surface area (Å²) in [4.78, 5) is 20.4. The first kappa shape index (κ1) is 13.9. The Morgan fingerprint density at radius 2 is 1.80 bits per heavy atom. The molecule has 2 aromatic rings. The first-order valence-electron chi connectivity index (χ1n) is 5.73. The third-order valence-corrected chi connectivity index (χ3v) is 3.73. The highest BCUT2D eigenvalue weighted by atomic mass is 32.1. The maximum atomic E-state index is 10.9. The molecule has 1 atom stereocenters. The van der Waals surface area contributed by atoms with E-state index in [1.54, 1.807) is 0 Å². The summed E-state index contributed by atoms with van der Waals surface area (Å²) in [6.07, 6.45) is 0. The van der Waals surface area contributed by atoms with Crippen molar-refractivity contribution < 1.29 is 9.85 Å². The van der Waals surface area contributed by atoms with Crippen LogP contribution in [0.5, 0.6) is 0 Å². The predicted molar refractivity (Wildman–Crippen MR) is 76.1 cm³/mol. The van der Waals surface area contributed by atoms with Crippen LogP contribution < -0.4 is 5.32 Å². The molecule has 0 aliphatic carbocycles. The Kier molecular flexibility index (Phi) is 3.94. The molecular weight excluding hydrogens is 282 g/mol. The molecule has 0 radical (unpaired) electrons. The Morgan fingerprint density at radius 1 is 1.15 bits per heavy atom. The number of nitrogens with one attached hydrogen (secondary N) is 1. The molecule has 1 aromatic heterocycles. The Balaban J connectivity index is 2.28. The van der Waals surface area contributed by atoms with Crippen LogP contribution in [-0.4, -0.2) is 9.85 Å². The predicted octanol–water partition coefficient (Wildman–Crippen LogP) is 3.74. The minimum atomic E-state index is -0.629. The van der Waals surface area contributed by atoms with E-state index < -0.39 is 9.85 Å². The summed E-state index contributed by atoms with van der Waals surface area (Å²) in [6, 6.07) is 10.1. The summed E-state index contributed by atoms with van der Waals surface area (Å²) in [6.45, 7) is 1.84. The third kappa shape index (κ3) is 2.91. The Hall–Kier alpha value is -2.48. The number of thiophene rings is 1. The van der Waals surface area contributed by atoms with Gasteiger partial charge in [-0.3, -0.25) is 20.2 Å². The summed E-state index contributed by atoms with van der Waals surface area (Å²) in [7, 11) is 0. The van der Waals surface area contributed by atoms with Gasteiger partial charge in [0.2, 0.25) is 0 Å². The number of hydrogen-bond acceptors (Lipinski definition) is 6. The van der Waals surface area contributed by atoms with E-state index in [9.17, 15) is 20.2 Å². The van der Waals surface area contributed by atoms with Crippen molar-refractivity contribution in [1.82, 2.24) is 0 Å². The van der Waals surface area contributed by atoms with Gasteiger partial charge in [0, 0.05) is 6.04 Å². The van der Waals surface area contributed by atoms with Gasteiger partial charge < -0.3 is 5.32 Å². The molecule has 0 saturated heterocycles. The standard InChI is InChI=1S/C12H11N3O4S/c1-8(9-5-3-2-4-6-9)13-12-10(14(16)17)7-11(20-12)15(18)19/h2-8,13H,1H3/t8-/m1/s1. The highest BCUT2D eigenvalue weighted by Gasteiger charge is 2.25. The second-order valence-electron chi connectivity index (χ2n) is 4.09. The molecule has 0 fully saturated rings. The van der Waals surface area contributed by atoms with Crippen LogP contribution in [-0.2, 0) is 0 Å². The van der Waals surface area contributed by atoms with Gasteiger partial charge in [0.25, 0.3) is 0 Å². The van der Waals surface area contributed by atoms with Gasteiger partial charge in [-0.2, -0.15) is 0 Å². The summed E-state index contributed by atoms with van der Waals surface area (Å²) >= 11 is 0.767. The zero-order valence-electron chi connectivity index (χ0n) is 10.5. The lowest BCUT2D eigenvalue weighted by atomic mass is 10.1. The summed E-state index contributed by atoms with van der Waals surface area (Å²) in [5.74, 6) is 0. The van der Waals surface area contributed by atoms with E-state index in [0.717, 1.165) is 23.0 Å². The van der Waals surface area contributed by atoms with Gasteiger partial charge in [0.05, 0.1) is 9.85 Å². The number of nitro groups is 2. The fraction of sp³-hybridized carbons (Fsp3) is 0.167. The summed E-state index contributed by atoms with van der Waals surface area (Å²) in [5, 5.41) is 24.5. The lowest BCUT2D eigenvalue weighted by Gasteiger charge is -2.13. The van der Waals surface area contributed by atoms with Gasteiger partial charge in [0.15, 0.2) is 5.00 Å². The zero-order chi connectivity index (χ0) is 14.7. The first-order chi connectivity index (χ1) is 9.49. The zero-order valence-corrected chi connectivity index (χ0v) is 11.3. The molecule has 1 N–H and O–H groups in total. The van der Waals surface area contributed by atoms with E-state index >= 15 is 0 Å². The van der Waals surface area contributed by atoms with Gasteiger partial charge in [-0.05, 0) is 23.8 Å². The highest BCUT2D eigenvalue weighted by molar-refractivity contribution is 7.19. The molecule has 1 heterocycles.